The summed E-state index contributed by atoms with van der Waals surface area (Å²) in [6, 6.07) is 12.3. The van der Waals surface area contributed by atoms with E-state index in [1.165, 1.54) is 11.8 Å². The van der Waals surface area contributed by atoms with E-state index in [9.17, 15) is 4.79 Å². The van der Waals surface area contributed by atoms with Crippen molar-refractivity contribution in [3.8, 4) is 11.4 Å². The van der Waals surface area contributed by atoms with Crippen LogP contribution in [0.2, 0.25) is 15.1 Å². The minimum absolute atomic E-state index is 0.141. The molecule has 0 atom stereocenters. The van der Waals surface area contributed by atoms with Crippen LogP contribution in [0.25, 0.3) is 11.4 Å². The summed E-state index contributed by atoms with van der Waals surface area (Å²) in [5.74, 6) is 0.549. The lowest BCUT2D eigenvalue weighted by molar-refractivity contribution is -0.113. The second kappa shape index (κ2) is 9.47. The lowest BCUT2D eigenvalue weighted by Crippen LogP contribution is -2.14. The number of anilines is 1. The highest BCUT2D eigenvalue weighted by atomic mass is 35.5. The summed E-state index contributed by atoms with van der Waals surface area (Å²) in [5, 5.41) is 13.3. The van der Waals surface area contributed by atoms with E-state index in [1.807, 2.05) is 22.8 Å². The normalized spacial score (nSPS) is 10.7. The van der Waals surface area contributed by atoms with Crippen molar-refractivity contribution in [3.63, 3.8) is 0 Å². The lowest BCUT2D eigenvalue weighted by atomic mass is 10.2. The first-order valence-electron chi connectivity index (χ1n) is 8.15. The fourth-order valence-electron chi connectivity index (χ4n) is 2.48. The molecular formula is C19H15Cl3N4OS. The van der Waals surface area contributed by atoms with Gasteiger partial charge in [-0.15, -0.1) is 16.8 Å². The summed E-state index contributed by atoms with van der Waals surface area (Å²) >= 11 is 19.5. The molecule has 0 spiro atoms. The van der Waals surface area contributed by atoms with Crippen molar-refractivity contribution in [1.82, 2.24) is 14.8 Å². The van der Waals surface area contributed by atoms with Crippen molar-refractivity contribution in [3.05, 3.63) is 70.2 Å². The van der Waals surface area contributed by atoms with Gasteiger partial charge in [0.15, 0.2) is 11.0 Å². The molecule has 0 aliphatic rings. The van der Waals surface area contributed by atoms with Gasteiger partial charge in [-0.3, -0.25) is 9.36 Å². The van der Waals surface area contributed by atoms with Crippen molar-refractivity contribution in [2.45, 2.75) is 11.7 Å². The third kappa shape index (κ3) is 5.08. The third-order valence-electron chi connectivity index (χ3n) is 3.62. The summed E-state index contributed by atoms with van der Waals surface area (Å²) in [7, 11) is 0. The Hall–Kier alpha value is -1.99. The van der Waals surface area contributed by atoms with Gasteiger partial charge in [0.2, 0.25) is 5.91 Å². The van der Waals surface area contributed by atoms with Crippen molar-refractivity contribution in [2.24, 2.45) is 0 Å². The second-order valence-corrected chi connectivity index (χ2v) is 7.90. The number of rotatable bonds is 7. The number of allylic oxidation sites excluding steroid dienone is 1. The predicted octanol–water partition coefficient (Wildman–Crippen LogP) is 5.82. The van der Waals surface area contributed by atoms with E-state index in [0.717, 1.165) is 5.56 Å². The first kappa shape index (κ1) is 20.7. The molecule has 0 aliphatic heterocycles. The molecule has 0 saturated carbocycles. The number of carbonyl (C=O) groups excluding carboxylic acids is 1. The maximum atomic E-state index is 12.3. The van der Waals surface area contributed by atoms with Crippen LogP contribution >= 0.6 is 46.6 Å². The molecular weight excluding hydrogens is 439 g/mol. The molecule has 1 N–H and O–H groups in total. The number of nitrogens with zero attached hydrogens (tertiary/aromatic N) is 3. The maximum Gasteiger partial charge on any atom is 0.234 e. The Morgan fingerprint density at radius 1 is 1.14 bits per heavy atom. The van der Waals surface area contributed by atoms with Gasteiger partial charge < -0.3 is 5.32 Å². The summed E-state index contributed by atoms with van der Waals surface area (Å²) in [4.78, 5) is 12.3. The highest BCUT2D eigenvalue weighted by Crippen LogP contribution is 2.29. The topological polar surface area (TPSA) is 59.8 Å². The number of aromatic nitrogens is 3. The van der Waals surface area contributed by atoms with Crippen molar-refractivity contribution in [1.29, 1.82) is 0 Å². The number of benzene rings is 2. The van der Waals surface area contributed by atoms with Crippen LogP contribution in [-0.4, -0.2) is 26.4 Å². The minimum Gasteiger partial charge on any atom is -0.325 e. The molecule has 3 aromatic rings. The Labute approximate surface area is 181 Å². The average Bonchev–Trinajstić information content (AvgIpc) is 3.02. The summed E-state index contributed by atoms with van der Waals surface area (Å²) in [6.45, 7) is 4.27. The van der Waals surface area contributed by atoms with Crippen LogP contribution in [0.15, 0.2) is 60.3 Å². The van der Waals surface area contributed by atoms with Gasteiger partial charge in [0.25, 0.3) is 0 Å². The van der Waals surface area contributed by atoms with E-state index in [4.69, 9.17) is 34.8 Å². The molecule has 1 amide bonds. The largest absolute Gasteiger partial charge is 0.325 e. The van der Waals surface area contributed by atoms with Crippen LogP contribution in [0.3, 0.4) is 0 Å². The monoisotopic (exact) mass is 452 g/mol. The van der Waals surface area contributed by atoms with E-state index >= 15 is 0 Å². The second-order valence-electron chi connectivity index (χ2n) is 5.68. The number of amides is 1. The number of carbonyl (C=O) groups is 1. The van der Waals surface area contributed by atoms with Crippen LogP contribution in [-0.2, 0) is 11.3 Å². The Morgan fingerprint density at radius 2 is 1.86 bits per heavy atom. The fraction of sp³-hybridized carbons (Fsp3) is 0.105. The van der Waals surface area contributed by atoms with Crippen LogP contribution < -0.4 is 5.32 Å². The Balaban J connectivity index is 1.74. The van der Waals surface area contributed by atoms with Crippen molar-refractivity contribution < 1.29 is 4.79 Å². The van der Waals surface area contributed by atoms with E-state index < -0.39 is 0 Å². The molecule has 1 heterocycles. The number of nitrogens with one attached hydrogen (secondary N) is 1. The summed E-state index contributed by atoms with van der Waals surface area (Å²) < 4.78 is 1.86. The zero-order valence-electron chi connectivity index (χ0n) is 14.5. The number of hydrogen-bond donors (Lipinski definition) is 1. The van der Waals surface area contributed by atoms with Crippen LogP contribution in [0.1, 0.15) is 0 Å². The quantitative estimate of drug-likeness (QED) is 0.361. The van der Waals surface area contributed by atoms with Gasteiger partial charge in [-0.25, -0.2) is 0 Å². The lowest BCUT2D eigenvalue weighted by Gasteiger charge is -2.09. The zero-order valence-corrected chi connectivity index (χ0v) is 17.6. The summed E-state index contributed by atoms with van der Waals surface area (Å²) in [5.41, 5.74) is 1.30. The highest BCUT2D eigenvalue weighted by Gasteiger charge is 2.16. The molecule has 2 aromatic carbocycles. The smallest absolute Gasteiger partial charge is 0.234 e. The van der Waals surface area contributed by atoms with Gasteiger partial charge in [-0.1, -0.05) is 64.8 Å². The van der Waals surface area contributed by atoms with Crippen molar-refractivity contribution in [2.75, 3.05) is 11.1 Å². The highest BCUT2D eigenvalue weighted by molar-refractivity contribution is 7.99. The van der Waals surface area contributed by atoms with Crippen molar-refractivity contribution >= 4 is 58.2 Å². The van der Waals surface area contributed by atoms with Crippen LogP contribution in [0.4, 0.5) is 5.69 Å². The van der Waals surface area contributed by atoms with Gasteiger partial charge in [0.1, 0.15) is 0 Å². The molecule has 0 fully saturated rings. The molecule has 0 unspecified atom stereocenters. The standard InChI is InChI=1S/C19H15Cl3N4OS/c1-2-7-26-18(15-5-3-4-6-16(15)22)24-25-19(26)28-11-17(27)23-14-9-12(20)8-13(21)10-14/h2-6,8-10H,1,7,11H2,(H,23,27). The van der Waals surface area contributed by atoms with E-state index in [1.54, 1.807) is 30.3 Å². The molecule has 144 valence electrons. The van der Waals surface area contributed by atoms with Gasteiger partial charge in [0, 0.05) is 27.8 Å². The molecule has 5 nitrogen and oxygen atoms in total. The van der Waals surface area contributed by atoms with Gasteiger partial charge >= 0.3 is 0 Å². The average molecular weight is 454 g/mol. The first-order valence-corrected chi connectivity index (χ1v) is 10.3. The zero-order chi connectivity index (χ0) is 20.1. The Bertz CT molecular complexity index is 1000. The van der Waals surface area contributed by atoms with E-state index in [-0.39, 0.29) is 11.7 Å². The Morgan fingerprint density at radius 3 is 2.54 bits per heavy atom. The Kier molecular flexibility index (Phi) is 7.02. The van der Waals surface area contributed by atoms with Gasteiger partial charge in [0.05, 0.1) is 10.8 Å². The fourth-order valence-corrected chi connectivity index (χ4v) is 3.98. The molecule has 1 aromatic heterocycles. The molecule has 28 heavy (non-hydrogen) atoms. The molecule has 3 rings (SSSR count). The summed E-state index contributed by atoms with van der Waals surface area (Å²) in [6.07, 6.45) is 1.74. The number of halogens is 3. The SMILES string of the molecule is C=CCn1c(SCC(=O)Nc2cc(Cl)cc(Cl)c2)nnc1-c1ccccc1Cl. The van der Waals surface area contributed by atoms with E-state index in [0.29, 0.717) is 38.3 Å². The maximum absolute atomic E-state index is 12.3. The minimum atomic E-state index is -0.212. The third-order valence-corrected chi connectivity index (χ3v) is 5.35. The van der Waals surface area contributed by atoms with Gasteiger partial charge in [-0.2, -0.15) is 0 Å². The number of hydrogen-bond acceptors (Lipinski definition) is 4. The van der Waals surface area contributed by atoms with Crippen LogP contribution in [0, 0.1) is 0 Å². The molecule has 9 heteroatoms. The molecule has 0 aliphatic carbocycles. The van der Waals surface area contributed by atoms with E-state index in [2.05, 4.69) is 22.1 Å². The predicted molar refractivity (Wildman–Crippen MR) is 116 cm³/mol. The molecule has 0 saturated heterocycles. The first-order chi connectivity index (χ1) is 13.5. The van der Waals surface area contributed by atoms with Gasteiger partial charge in [-0.05, 0) is 30.3 Å². The van der Waals surface area contributed by atoms with Crippen LogP contribution in [0.5, 0.6) is 0 Å². The molecule has 0 bridgehead atoms. The number of thioether (sulfide) groups is 1. The molecule has 0 radical (unpaired) electrons.